The Morgan fingerprint density at radius 2 is 1.73 bits per heavy atom. The molecule has 1 aromatic rings. The molecule has 1 saturated heterocycles. The Balaban J connectivity index is 2.01. The highest BCUT2D eigenvalue weighted by Crippen LogP contribution is 2.31. The fraction of sp³-hybridized carbons (Fsp3) is 0.600. The number of hydrogen-bond donors (Lipinski definition) is 1. The number of para-hydroxylation sites is 1. The average molecular weight is 398 g/mol. The van der Waals surface area contributed by atoms with Crippen LogP contribution in [0.3, 0.4) is 0 Å². The van der Waals surface area contributed by atoms with Crippen LogP contribution in [0.5, 0.6) is 5.75 Å². The first kappa shape index (κ1) is 20.9. The maximum absolute atomic E-state index is 12.7. The molecule has 0 radical (unpaired) electrons. The number of sulfonamides is 1. The van der Waals surface area contributed by atoms with Crippen molar-refractivity contribution in [1.82, 2.24) is 9.21 Å². The molecule has 11 heteroatoms. The number of benzene rings is 1. The predicted molar refractivity (Wildman–Crippen MR) is 86.2 cm³/mol. The third-order valence-corrected chi connectivity index (χ3v) is 5.75. The minimum absolute atomic E-state index is 0.0641. The number of aliphatic hydroxyl groups is 1. The van der Waals surface area contributed by atoms with E-state index in [0.717, 1.165) is 16.4 Å². The van der Waals surface area contributed by atoms with Gasteiger partial charge in [0.25, 0.3) is 0 Å². The second-order valence-electron chi connectivity index (χ2n) is 5.58. The SMILES string of the molecule is O=S(=O)(c1ccccc1OC(F)(F)F)N1CCN(CCOCCO)CC1. The topological polar surface area (TPSA) is 79.3 Å². The van der Waals surface area contributed by atoms with Crippen LogP contribution in [0.15, 0.2) is 29.2 Å². The molecule has 0 aliphatic carbocycles. The highest BCUT2D eigenvalue weighted by atomic mass is 32.2. The van der Waals surface area contributed by atoms with E-state index < -0.39 is 27.0 Å². The van der Waals surface area contributed by atoms with Crippen molar-refractivity contribution >= 4 is 10.0 Å². The van der Waals surface area contributed by atoms with Crippen LogP contribution in [-0.2, 0) is 14.8 Å². The van der Waals surface area contributed by atoms with Gasteiger partial charge in [-0.05, 0) is 12.1 Å². The van der Waals surface area contributed by atoms with E-state index in [1.807, 2.05) is 4.90 Å². The van der Waals surface area contributed by atoms with Crippen molar-refractivity contribution in [2.75, 3.05) is 52.5 Å². The lowest BCUT2D eigenvalue weighted by Gasteiger charge is -2.34. The van der Waals surface area contributed by atoms with Gasteiger partial charge in [-0.2, -0.15) is 4.31 Å². The van der Waals surface area contributed by atoms with Crippen LogP contribution < -0.4 is 4.74 Å². The van der Waals surface area contributed by atoms with Gasteiger partial charge in [-0.1, -0.05) is 12.1 Å². The van der Waals surface area contributed by atoms with Crippen molar-refractivity contribution in [3.63, 3.8) is 0 Å². The van der Waals surface area contributed by atoms with Gasteiger partial charge in [0, 0.05) is 32.7 Å². The van der Waals surface area contributed by atoms with Crippen LogP contribution in [0.4, 0.5) is 13.2 Å². The highest BCUT2D eigenvalue weighted by molar-refractivity contribution is 7.89. The summed E-state index contributed by atoms with van der Waals surface area (Å²) in [6.07, 6.45) is -4.97. The summed E-state index contributed by atoms with van der Waals surface area (Å²) in [7, 11) is -4.10. The molecule has 0 bridgehead atoms. The average Bonchev–Trinajstić information content (AvgIpc) is 2.58. The maximum Gasteiger partial charge on any atom is 0.573 e. The van der Waals surface area contributed by atoms with Crippen molar-refractivity contribution < 1.29 is 36.2 Å². The fourth-order valence-electron chi connectivity index (χ4n) is 2.57. The van der Waals surface area contributed by atoms with Gasteiger partial charge in [-0.25, -0.2) is 8.42 Å². The number of aliphatic hydroxyl groups excluding tert-OH is 1. The summed E-state index contributed by atoms with van der Waals surface area (Å²) >= 11 is 0. The predicted octanol–water partition coefficient (Wildman–Crippen LogP) is 0.900. The van der Waals surface area contributed by atoms with Crippen molar-refractivity contribution in [1.29, 1.82) is 0 Å². The molecule has 0 spiro atoms. The van der Waals surface area contributed by atoms with Crippen molar-refractivity contribution in [3.8, 4) is 5.75 Å². The molecular formula is C15H21F3N2O5S. The van der Waals surface area contributed by atoms with Gasteiger partial charge in [-0.3, -0.25) is 4.90 Å². The fourth-order valence-corrected chi connectivity index (χ4v) is 4.10. The molecule has 148 valence electrons. The Hall–Kier alpha value is -1.40. The molecule has 7 nitrogen and oxygen atoms in total. The summed E-state index contributed by atoms with van der Waals surface area (Å²) in [4.78, 5) is 1.48. The van der Waals surface area contributed by atoms with Crippen molar-refractivity contribution in [2.45, 2.75) is 11.3 Å². The number of nitrogens with zero attached hydrogens (tertiary/aromatic N) is 2. The third-order valence-electron chi connectivity index (χ3n) is 3.81. The second kappa shape index (κ2) is 9.00. The Kier molecular flexibility index (Phi) is 7.24. The Morgan fingerprint density at radius 3 is 2.35 bits per heavy atom. The van der Waals surface area contributed by atoms with E-state index >= 15 is 0 Å². The smallest absolute Gasteiger partial charge is 0.404 e. The molecule has 1 N–H and O–H groups in total. The minimum Gasteiger partial charge on any atom is -0.404 e. The second-order valence-corrected chi connectivity index (χ2v) is 7.48. The lowest BCUT2D eigenvalue weighted by molar-refractivity contribution is -0.275. The van der Waals surface area contributed by atoms with Gasteiger partial charge in [-0.15, -0.1) is 13.2 Å². The summed E-state index contributed by atoms with van der Waals surface area (Å²) in [6, 6.07) is 4.72. The summed E-state index contributed by atoms with van der Waals surface area (Å²) < 4.78 is 73.1. The monoisotopic (exact) mass is 398 g/mol. The molecule has 0 unspecified atom stereocenters. The first-order valence-corrected chi connectivity index (χ1v) is 9.44. The lowest BCUT2D eigenvalue weighted by atomic mass is 10.3. The van der Waals surface area contributed by atoms with Gasteiger partial charge < -0.3 is 14.6 Å². The van der Waals surface area contributed by atoms with Crippen LogP contribution in [0.25, 0.3) is 0 Å². The summed E-state index contributed by atoms with van der Waals surface area (Å²) in [5, 5.41) is 8.64. The van der Waals surface area contributed by atoms with E-state index in [9.17, 15) is 21.6 Å². The Labute approximate surface area is 150 Å². The van der Waals surface area contributed by atoms with Gasteiger partial charge in [0.05, 0.1) is 19.8 Å². The molecule has 0 amide bonds. The largest absolute Gasteiger partial charge is 0.573 e. The quantitative estimate of drug-likeness (QED) is 0.656. The normalized spacial score (nSPS) is 17.4. The molecule has 26 heavy (non-hydrogen) atoms. The lowest BCUT2D eigenvalue weighted by Crippen LogP contribution is -2.49. The van der Waals surface area contributed by atoms with E-state index in [2.05, 4.69) is 4.74 Å². The molecule has 0 atom stereocenters. The standard InChI is InChI=1S/C15H21F3N2O5S/c16-15(17,18)25-13-3-1-2-4-14(13)26(22,23)20-7-5-19(6-8-20)9-11-24-12-10-21/h1-4,21H,5-12H2. The van der Waals surface area contributed by atoms with Gasteiger partial charge in [0.15, 0.2) is 0 Å². The van der Waals surface area contributed by atoms with E-state index in [-0.39, 0.29) is 26.3 Å². The van der Waals surface area contributed by atoms with Gasteiger partial charge >= 0.3 is 6.36 Å². The summed E-state index contributed by atoms with van der Waals surface area (Å²) in [5.41, 5.74) is 0. The number of halogens is 3. The molecule has 1 aromatic carbocycles. The van der Waals surface area contributed by atoms with Crippen molar-refractivity contribution in [2.24, 2.45) is 0 Å². The zero-order valence-electron chi connectivity index (χ0n) is 14.0. The van der Waals surface area contributed by atoms with Gasteiger partial charge in [0.1, 0.15) is 10.6 Å². The van der Waals surface area contributed by atoms with Crippen LogP contribution >= 0.6 is 0 Å². The third kappa shape index (κ3) is 5.81. The summed E-state index contributed by atoms with van der Waals surface area (Å²) in [6.45, 7) is 2.35. The Morgan fingerprint density at radius 1 is 1.08 bits per heavy atom. The molecule has 1 aliphatic rings. The Bertz CT molecular complexity index is 676. The molecule has 1 aliphatic heterocycles. The van der Waals surface area contributed by atoms with Crippen LogP contribution in [0.1, 0.15) is 0 Å². The van der Waals surface area contributed by atoms with Crippen LogP contribution in [-0.4, -0.2) is 81.6 Å². The number of rotatable bonds is 8. The molecule has 1 heterocycles. The number of alkyl halides is 3. The van der Waals surface area contributed by atoms with E-state index in [4.69, 9.17) is 9.84 Å². The summed E-state index contributed by atoms with van der Waals surface area (Å²) in [5.74, 6) is -0.736. The molecule has 0 aromatic heterocycles. The van der Waals surface area contributed by atoms with Crippen molar-refractivity contribution in [3.05, 3.63) is 24.3 Å². The number of hydrogen-bond acceptors (Lipinski definition) is 6. The highest BCUT2D eigenvalue weighted by Gasteiger charge is 2.36. The molecule has 1 fully saturated rings. The molecular weight excluding hydrogens is 377 g/mol. The zero-order chi connectivity index (χ0) is 19.2. The van der Waals surface area contributed by atoms with E-state index in [1.165, 1.54) is 12.1 Å². The molecule has 0 saturated carbocycles. The first-order chi connectivity index (χ1) is 12.2. The number of ether oxygens (including phenoxy) is 2. The maximum atomic E-state index is 12.7. The van der Waals surface area contributed by atoms with Gasteiger partial charge in [0.2, 0.25) is 10.0 Å². The first-order valence-electron chi connectivity index (χ1n) is 8.00. The van der Waals surface area contributed by atoms with Crippen LogP contribution in [0, 0.1) is 0 Å². The zero-order valence-corrected chi connectivity index (χ0v) is 14.8. The molecule has 2 rings (SSSR count). The minimum atomic E-state index is -4.97. The van der Waals surface area contributed by atoms with Crippen LogP contribution in [0.2, 0.25) is 0 Å². The van der Waals surface area contributed by atoms with E-state index in [0.29, 0.717) is 26.2 Å². The van der Waals surface area contributed by atoms with E-state index in [1.54, 1.807) is 0 Å². The number of piperazine rings is 1.